The lowest BCUT2D eigenvalue weighted by Crippen LogP contribution is -2.53. The first-order valence-electron chi connectivity index (χ1n) is 9.04. The fourth-order valence-electron chi connectivity index (χ4n) is 4.12. The van der Waals surface area contributed by atoms with Gasteiger partial charge in [0.05, 0.1) is 13.2 Å². The van der Waals surface area contributed by atoms with Crippen LogP contribution in [0.2, 0.25) is 0 Å². The molecule has 2 unspecified atom stereocenters. The molecule has 1 aromatic heterocycles. The number of hydrogen-bond acceptors (Lipinski definition) is 4. The number of methoxy groups -OCH3 is 1. The zero-order valence-electron chi connectivity index (χ0n) is 14.6. The van der Waals surface area contributed by atoms with Gasteiger partial charge in [0.15, 0.2) is 0 Å². The van der Waals surface area contributed by atoms with Crippen LogP contribution in [0.5, 0.6) is 5.75 Å². The number of aliphatic hydroxyl groups excluding tert-OH is 1. The van der Waals surface area contributed by atoms with Crippen molar-refractivity contribution in [1.82, 2.24) is 14.8 Å². The van der Waals surface area contributed by atoms with Gasteiger partial charge in [-0.3, -0.25) is 9.69 Å². The quantitative estimate of drug-likeness (QED) is 0.892. The SMILES string of the molecule is COc1ccc2cc(C(=O)N3CCN(C4CCCC4O)CC3)[nH]c2c1. The Morgan fingerprint density at radius 2 is 2.00 bits per heavy atom. The van der Waals surface area contributed by atoms with Gasteiger partial charge in [0, 0.05) is 49.2 Å². The minimum atomic E-state index is -0.203. The van der Waals surface area contributed by atoms with E-state index in [1.165, 1.54) is 0 Å². The molecule has 2 heterocycles. The second-order valence-corrected chi connectivity index (χ2v) is 7.03. The summed E-state index contributed by atoms with van der Waals surface area (Å²) in [6.45, 7) is 3.09. The predicted molar refractivity (Wildman–Crippen MR) is 96.0 cm³/mol. The van der Waals surface area contributed by atoms with E-state index in [1.54, 1.807) is 7.11 Å². The van der Waals surface area contributed by atoms with Crippen molar-refractivity contribution in [2.75, 3.05) is 33.3 Å². The number of rotatable bonds is 3. The van der Waals surface area contributed by atoms with Crippen LogP contribution in [0, 0.1) is 0 Å². The van der Waals surface area contributed by atoms with E-state index in [9.17, 15) is 9.90 Å². The van der Waals surface area contributed by atoms with Crippen LogP contribution in [-0.4, -0.2) is 71.2 Å². The highest BCUT2D eigenvalue weighted by Crippen LogP contribution is 2.26. The minimum Gasteiger partial charge on any atom is -0.497 e. The second kappa shape index (κ2) is 6.69. The molecule has 1 aliphatic carbocycles. The summed E-state index contributed by atoms with van der Waals surface area (Å²) in [6, 6.07) is 7.95. The molecular formula is C19H25N3O3. The highest BCUT2D eigenvalue weighted by atomic mass is 16.5. The standard InChI is InChI=1S/C19H25N3O3/c1-25-14-6-5-13-11-16(20-15(13)12-14)19(24)22-9-7-21(8-10-22)17-3-2-4-18(17)23/h5-6,11-12,17-18,20,23H,2-4,7-10H2,1H3. The number of aromatic nitrogens is 1. The number of nitrogens with zero attached hydrogens (tertiary/aromatic N) is 2. The number of H-pyrrole nitrogens is 1. The van der Waals surface area contributed by atoms with E-state index in [1.807, 2.05) is 29.2 Å². The summed E-state index contributed by atoms with van der Waals surface area (Å²) in [5.74, 6) is 0.818. The van der Waals surface area contributed by atoms with E-state index in [-0.39, 0.29) is 18.1 Å². The Labute approximate surface area is 147 Å². The molecule has 0 radical (unpaired) electrons. The van der Waals surface area contributed by atoms with Crippen molar-refractivity contribution in [2.45, 2.75) is 31.4 Å². The molecule has 4 rings (SSSR count). The molecule has 134 valence electrons. The highest BCUT2D eigenvalue weighted by Gasteiger charge is 2.33. The average Bonchev–Trinajstić information content (AvgIpc) is 3.26. The summed E-state index contributed by atoms with van der Waals surface area (Å²) in [5, 5.41) is 11.1. The normalized spacial score (nSPS) is 24.8. The Morgan fingerprint density at radius 3 is 2.68 bits per heavy atom. The summed E-state index contributed by atoms with van der Waals surface area (Å²) >= 11 is 0. The third-order valence-electron chi connectivity index (χ3n) is 5.57. The molecule has 2 aliphatic rings. The second-order valence-electron chi connectivity index (χ2n) is 7.03. The number of ether oxygens (including phenoxy) is 1. The number of nitrogens with one attached hydrogen (secondary N) is 1. The van der Waals surface area contributed by atoms with Crippen LogP contribution in [0.3, 0.4) is 0 Å². The zero-order chi connectivity index (χ0) is 17.4. The van der Waals surface area contributed by atoms with Crippen LogP contribution in [0.15, 0.2) is 24.3 Å². The van der Waals surface area contributed by atoms with Gasteiger partial charge in [-0.15, -0.1) is 0 Å². The van der Waals surface area contributed by atoms with Crippen LogP contribution < -0.4 is 4.74 Å². The van der Waals surface area contributed by atoms with Crippen molar-refractivity contribution < 1.29 is 14.6 Å². The van der Waals surface area contributed by atoms with Crippen LogP contribution in [0.1, 0.15) is 29.8 Å². The van der Waals surface area contributed by atoms with Gasteiger partial charge in [-0.1, -0.05) is 0 Å². The Balaban J connectivity index is 1.43. The van der Waals surface area contributed by atoms with Crippen molar-refractivity contribution >= 4 is 16.8 Å². The van der Waals surface area contributed by atoms with Gasteiger partial charge in [-0.25, -0.2) is 0 Å². The molecule has 0 spiro atoms. The van der Waals surface area contributed by atoms with E-state index < -0.39 is 0 Å². The smallest absolute Gasteiger partial charge is 0.270 e. The van der Waals surface area contributed by atoms with Crippen LogP contribution >= 0.6 is 0 Å². The average molecular weight is 343 g/mol. The third kappa shape index (κ3) is 3.12. The van der Waals surface area contributed by atoms with Crippen LogP contribution in [-0.2, 0) is 0 Å². The van der Waals surface area contributed by atoms with E-state index in [0.29, 0.717) is 18.8 Å². The third-order valence-corrected chi connectivity index (χ3v) is 5.57. The molecule has 6 nitrogen and oxygen atoms in total. The van der Waals surface area contributed by atoms with Gasteiger partial charge < -0.3 is 19.7 Å². The van der Waals surface area contributed by atoms with Crippen LogP contribution in [0.25, 0.3) is 10.9 Å². The molecule has 2 N–H and O–H groups in total. The Bertz CT molecular complexity index is 764. The van der Waals surface area contributed by atoms with Gasteiger partial charge in [0.2, 0.25) is 0 Å². The Kier molecular flexibility index (Phi) is 4.39. The maximum Gasteiger partial charge on any atom is 0.270 e. The molecule has 2 aromatic rings. The monoisotopic (exact) mass is 343 g/mol. The number of aliphatic hydroxyl groups is 1. The van der Waals surface area contributed by atoms with Crippen molar-refractivity contribution in [3.63, 3.8) is 0 Å². The summed E-state index contributed by atoms with van der Waals surface area (Å²) in [4.78, 5) is 20.3. The topological polar surface area (TPSA) is 68.8 Å². The molecular weight excluding hydrogens is 318 g/mol. The first-order valence-corrected chi connectivity index (χ1v) is 9.04. The van der Waals surface area contributed by atoms with Gasteiger partial charge >= 0.3 is 0 Å². The minimum absolute atomic E-state index is 0.0433. The number of fused-ring (bicyclic) bond motifs is 1. The summed E-state index contributed by atoms with van der Waals surface area (Å²) in [5.41, 5.74) is 1.54. The molecule has 1 saturated heterocycles. The number of carbonyl (C=O) groups is 1. The fourth-order valence-corrected chi connectivity index (χ4v) is 4.12. The Morgan fingerprint density at radius 1 is 1.20 bits per heavy atom. The largest absolute Gasteiger partial charge is 0.497 e. The lowest BCUT2D eigenvalue weighted by atomic mass is 10.1. The zero-order valence-corrected chi connectivity index (χ0v) is 14.6. The molecule has 2 atom stereocenters. The molecule has 1 aliphatic heterocycles. The van der Waals surface area contributed by atoms with Gasteiger partial charge in [-0.2, -0.15) is 0 Å². The predicted octanol–water partition coefficient (Wildman–Crippen LogP) is 1.85. The van der Waals surface area contributed by atoms with E-state index in [2.05, 4.69) is 9.88 Å². The van der Waals surface area contributed by atoms with E-state index in [0.717, 1.165) is 49.0 Å². The molecule has 0 bridgehead atoms. The van der Waals surface area contributed by atoms with Crippen LogP contribution in [0.4, 0.5) is 0 Å². The number of benzene rings is 1. The number of piperazine rings is 1. The van der Waals surface area contributed by atoms with E-state index in [4.69, 9.17) is 4.74 Å². The van der Waals surface area contributed by atoms with Gasteiger partial charge in [0.1, 0.15) is 11.4 Å². The number of carbonyl (C=O) groups excluding carboxylic acids is 1. The number of hydrogen-bond donors (Lipinski definition) is 2. The molecule has 1 aromatic carbocycles. The van der Waals surface area contributed by atoms with Crippen molar-refractivity contribution in [2.24, 2.45) is 0 Å². The fraction of sp³-hybridized carbons (Fsp3) is 0.526. The molecule has 1 saturated carbocycles. The lowest BCUT2D eigenvalue weighted by molar-refractivity contribution is 0.0313. The molecule has 6 heteroatoms. The van der Waals surface area contributed by atoms with Crippen molar-refractivity contribution in [3.8, 4) is 5.75 Å². The number of amides is 1. The molecule has 2 fully saturated rings. The van der Waals surface area contributed by atoms with Gasteiger partial charge in [0.25, 0.3) is 5.91 Å². The van der Waals surface area contributed by atoms with Gasteiger partial charge in [-0.05, 0) is 37.5 Å². The maximum atomic E-state index is 12.8. The highest BCUT2D eigenvalue weighted by molar-refractivity contribution is 5.98. The van der Waals surface area contributed by atoms with Crippen molar-refractivity contribution in [1.29, 1.82) is 0 Å². The van der Waals surface area contributed by atoms with Crippen molar-refractivity contribution in [3.05, 3.63) is 30.0 Å². The summed E-state index contributed by atoms with van der Waals surface area (Å²) in [7, 11) is 1.64. The first-order chi connectivity index (χ1) is 12.2. The first kappa shape index (κ1) is 16.4. The maximum absolute atomic E-state index is 12.8. The summed E-state index contributed by atoms with van der Waals surface area (Å²) in [6.07, 6.45) is 2.87. The Hall–Kier alpha value is -2.05. The lowest BCUT2D eigenvalue weighted by Gasteiger charge is -2.38. The number of aromatic amines is 1. The van der Waals surface area contributed by atoms with E-state index >= 15 is 0 Å². The molecule has 25 heavy (non-hydrogen) atoms. The molecule has 1 amide bonds. The summed E-state index contributed by atoms with van der Waals surface area (Å²) < 4.78 is 5.24.